The molecule has 6 rings (SSSR count). The maximum atomic E-state index is 4.67. The third kappa shape index (κ3) is 3.08. The van der Waals surface area contributed by atoms with Crippen LogP contribution < -0.4 is 10.6 Å². The van der Waals surface area contributed by atoms with E-state index in [9.17, 15) is 0 Å². The van der Waals surface area contributed by atoms with Crippen LogP contribution in [0.5, 0.6) is 0 Å². The second kappa shape index (κ2) is 7.11. The van der Waals surface area contributed by atoms with Crippen LogP contribution in [-0.4, -0.2) is 21.9 Å². The van der Waals surface area contributed by atoms with Gasteiger partial charge in [0.15, 0.2) is 5.82 Å². The third-order valence-corrected chi connectivity index (χ3v) is 6.02. The molecule has 0 atom stereocenters. The Bertz CT molecular complexity index is 1160. The lowest BCUT2D eigenvalue weighted by Crippen LogP contribution is -2.26. The maximum Gasteiger partial charge on any atom is 0.181 e. The minimum Gasteiger partial charge on any atom is -0.372 e. The van der Waals surface area contributed by atoms with E-state index in [1.54, 1.807) is 0 Å². The summed E-state index contributed by atoms with van der Waals surface area (Å²) in [4.78, 5) is 4.67. The summed E-state index contributed by atoms with van der Waals surface area (Å²) >= 11 is 0. The normalized spacial score (nSPS) is 15.1. The smallest absolute Gasteiger partial charge is 0.181 e. The van der Waals surface area contributed by atoms with Crippen molar-refractivity contribution in [3.05, 3.63) is 89.7 Å². The molecule has 0 unspecified atom stereocenters. The molecule has 0 saturated heterocycles. The molecule has 1 saturated carbocycles. The number of H-pyrrole nitrogens is 1. The molecule has 3 N–H and O–H groups in total. The highest BCUT2D eigenvalue weighted by Gasteiger charge is 2.28. The monoisotopic (exact) mass is 393 g/mol. The lowest BCUT2D eigenvalue weighted by atomic mass is 10.1. The van der Waals surface area contributed by atoms with Crippen LogP contribution >= 0.6 is 0 Å². The third-order valence-electron chi connectivity index (χ3n) is 6.02. The van der Waals surface area contributed by atoms with Crippen molar-refractivity contribution < 1.29 is 0 Å². The summed E-state index contributed by atoms with van der Waals surface area (Å²) in [5.41, 5.74) is 7.40. The number of nitrogens with zero attached hydrogens (tertiary/aromatic N) is 2. The Labute approximate surface area is 175 Å². The highest BCUT2D eigenvalue weighted by Crippen LogP contribution is 2.43. The van der Waals surface area contributed by atoms with E-state index < -0.39 is 0 Å². The highest BCUT2D eigenvalue weighted by molar-refractivity contribution is 5.78. The minimum absolute atomic E-state index is 0.196. The lowest BCUT2D eigenvalue weighted by molar-refractivity contribution is 0.648. The van der Waals surface area contributed by atoms with Crippen molar-refractivity contribution in [2.24, 2.45) is 0 Å². The summed E-state index contributed by atoms with van der Waals surface area (Å²) < 4.78 is 0. The van der Waals surface area contributed by atoms with Crippen LogP contribution in [0.3, 0.4) is 0 Å². The number of fused-ring (bicyclic) bond motifs is 3. The molecule has 0 spiro atoms. The Hall–Kier alpha value is -3.44. The average molecular weight is 393 g/mol. The van der Waals surface area contributed by atoms with Gasteiger partial charge in [-0.3, -0.25) is 10.4 Å². The van der Waals surface area contributed by atoms with Crippen LogP contribution in [0.2, 0.25) is 0 Å². The van der Waals surface area contributed by atoms with Gasteiger partial charge in [0.25, 0.3) is 0 Å². The van der Waals surface area contributed by atoms with Crippen molar-refractivity contribution >= 4 is 5.69 Å². The molecule has 0 bridgehead atoms. The van der Waals surface area contributed by atoms with Crippen LogP contribution in [0.1, 0.15) is 41.8 Å². The zero-order valence-electron chi connectivity index (χ0n) is 16.6. The zero-order chi connectivity index (χ0) is 19.9. The first-order chi connectivity index (χ1) is 14.9. The summed E-state index contributed by atoms with van der Waals surface area (Å²) in [5, 5.41) is 14.7. The van der Waals surface area contributed by atoms with Crippen molar-refractivity contribution in [2.75, 3.05) is 12.0 Å². The molecule has 0 radical (unpaired) electrons. The standard InChI is InChI=1S/C25H23N5/c1-3-10-21-19(8-1)20-9-2-4-11-22(20)23(21)27-15-26-18-7-5-6-17(14-18)25-28-24(29-30-25)16-12-13-16/h1-11,14,16,23,26-27H,12-13,15H2,(H,28,29,30). The van der Waals surface area contributed by atoms with E-state index in [-0.39, 0.29) is 6.04 Å². The van der Waals surface area contributed by atoms with Crippen LogP contribution in [0, 0.1) is 0 Å². The number of hydrogen-bond donors (Lipinski definition) is 3. The Balaban J connectivity index is 1.18. The Morgan fingerprint density at radius 3 is 2.33 bits per heavy atom. The van der Waals surface area contributed by atoms with E-state index in [1.807, 2.05) is 6.07 Å². The molecule has 3 aromatic carbocycles. The van der Waals surface area contributed by atoms with Crippen molar-refractivity contribution in [1.82, 2.24) is 20.5 Å². The van der Waals surface area contributed by atoms with E-state index in [0.29, 0.717) is 12.6 Å². The fourth-order valence-electron chi connectivity index (χ4n) is 4.34. The number of hydrogen-bond acceptors (Lipinski definition) is 4. The van der Waals surface area contributed by atoms with Crippen LogP contribution in [0.25, 0.3) is 22.5 Å². The molecule has 0 amide bonds. The van der Waals surface area contributed by atoms with Crippen molar-refractivity contribution in [2.45, 2.75) is 24.8 Å². The van der Waals surface area contributed by atoms with Crippen LogP contribution in [-0.2, 0) is 0 Å². The van der Waals surface area contributed by atoms with Gasteiger partial charge in [0, 0.05) is 17.2 Å². The molecule has 2 aliphatic carbocycles. The van der Waals surface area contributed by atoms with Gasteiger partial charge in [-0.1, -0.05) is 60.7 Å². The lowest BCUT2D eigenvalue weighted by Gasteiger charge is -2.17. The predicted molar refractivity (Wildman–Crippen MR) is 119 cm³/mol. The first-order valence-corrected chi connectivity index (χ1v) is 10.5. The van der Waals surface area contributed by atoms with Gasteiger partial charge in [-0.05, 0) is 47.2 Å². The van der Waals surface area contributed by atoms with E-state index in [4.69, 9.17) is 0 Å². The van der Waals surface area contributed by atoms with E-state index in [1.165, 1.54) is 35.1 Å². The molecule has 1 heterocycles. The maximum absolute atomic E-state index is 4.67. The number of nitrogens with one attached hydrogen (secondary N) is 3. The molecule has 0 aliphatic heterocycles. The van der Waals surface area contributed by atoms with E-state index in [2.05, 4.69) is 92.5 Å². The summed E-state index contributed by atoms with van der Waals surface area (Å²) in [6, 6.07) is 25.8. The Morgan fingerprint density at radius 1 is 0.867 bits per heavy atom. The Morgan fingerprint density at radius 2 is 1.60 bits per heavy atom. The minimum atomic E-state index is 0.196. The number of anilines is 1. The summed E-state index contributed by atoms with van der Waals surface area (Å²) in [5.74, 6) is 2.37. The molecule has 5 heteroatoms. The number of aromatic amines is 1. The highest BCUT2D eigenvalue weighted by atomic mass is 15.2. The molecule has 30 heavy (non-hydrogen) atoms. The van der Waals surface area contributed by atoms with Gasteiger partial charge in [-0.2, -0.15) is 5.10 Å². The molecular weight excluding hydrogens is 370 g/mol. The zero-order valence-corrected chi connectivity index (χ0v) is 16.6. The molecule has 1 aromatic heterocycles. The van der Waals surface area contributed by atoms with Gasteiger partial charge in [0.1, 0.15) is 5.82 Å². The SMILES string of the molecule is c1cc(NCNC2c3ccccc3-c3ccccc32)cc(-c2n[nH]c(C3CC3)n2)c1. The first kappa shape index (κ1) is 17.4. The molecular formula is C25H23N5. The molecule has 5 nitrogen and oxygen atoms in total. The van der Waals surface area contributed by atoms with E-state index in [0.717, 1.165) is 22.9 Å². The van der Waals surface area contributed by atoms with Gasteiger partial charge < -0.3 is 5.32 Å². The van der Waals surface area contributed by atoms with Crippen LogP contribution in [0.4, 0.5) is 5.69 Å². The van der Waals surface area contributed by atoms with Crippen molar-refractivity contribution in [3.63, 3.8) is 0 Å². The largest absolute Gasteiger partial charge is 0.372 e. The average Bonchev–Trinajstić information content (AvgIpc) is 3.44. The van der Waals surface area contributed by atoms with Crippen LogP contribution in [0.15, 0.2) is 72.8 Å². The molecule has 1 fully saturated rings. The molecule has 148 valence electrons. The number of benzene rings is 3. The van der Waals surface area contributed by atoms with E-state index >= 15 is 0 Å². The van der Waals surface area contributed by atoms with Gasteiger partial charge in [0.2, 0.25) is 0 Å². The molecule has 2 aliphatic rings. The predicted octanol–water partition coefficient (Wildman–Crippen LogP) is 5.08. The second-order valence-corrected chi connectivity index (χ2v) is 8.06. The summed E-state index contributed by atoms with van der Waals surface area (Å²) in [6.07, 6.45) is 2.44. The van der Waals surface area contributed by atoms with Gasteiger partial charge in [0.05, 0.1) is 12.7 Å². The Kier molecular flexibility index (Phi) is 4.13. The van der Waals surface area contributed by atoms with Crippen molar-refractivity contribution in [3.8, 4) is 22.5 Å². The quantitative estimate of drug-likeness (QED) is 0.400. The summed E-state index contributed by atoms with van der Waals surface area (Å²) in [6.45, 7) is 0.665. The van der Waals surface area contributed by atoms with Gasteiger partial charge in [-0.15, -0.1) is 0 Å². The number of rotatable bonds is 6. The fraction of sp³-hybridized carbons (Fsp3) is 0.200. The van der Waals surface area contributed by atoms with Gasteiger partial charge >= 0.3 is 0 Å². The fourth-order valence-corrected chi connectivity index (χ4v) is 4.34. The molecule has 4 aromatic rings. The first-order valence-electron chi connectivity index (χ1n) is 10.5. The second-order valence-electron chi connectivity index (χ2n) is 8.06. The number of aromatic nitrogens is 3. The topological polar surface area (TPSA) is 65.6 Å². The summed E-state index contributed by atoms with van der Waals surface area (Å²) in [7, 11) is 0. The van der Waals surface area contributed by atoms with Gasteiger partial charge in [-0.25, -0.2) is 4.98 Å². The van der Waals surface area contributed by atoms with Crippen molar-refractivity contribution in [1.29, 1.82) is 0 Å².